The van der Waals surface area contributed by atoms with E-state index < -0.39 is 0 Å². The van der Waals surface area contributed by atoms with Gasteiger partial charge in [0.15, 0.2) is 0 Å². The molecule has 2 unspecified atom stereocenters. The quantitative estimate of drug-likeness (QED) is 0.855. The number of nitrogens with one attached hydrogen (secondary N) is 1. The molecular weight excluding hydrogens is 245 g/mol. The highest BCUT2D eigenvalue weighted by Gasteiger charge is 2.22. The summed E-state index contributed by atoms with van der Waals surface area (Å²) in [6.45, 7) is 2.22. The summed E-state index contributed by atoms with van der Waals surface area (Å²) in [7, 11) is 0. The fraction of sp³-hybridized carbons (Fsp3) is 0.500. The molecule has 88 valence electrons. The molecule has 1 N–H and O–H groups in total. The van der Waals surface area contributed by atoms with Gasteiger partial charge in [-0.3, -0.25) is 0 Å². The third-order valence-electron chi connectivity index (χ3n) is 2.88. The molecule has 0 radical (unpaired) electrons. The summed E-state index contributed by atoms with van der Waals surface area (Å²) in [4.78, 5) is 0. The lowest BCUT2D eigenvalue weighted by Gasteiger charge is -2.30. The number of halogens is 2. The van der Waals surface area contributed by atoms with E-state index in [0.717, 1.165) is 12.1 Å². The van der Waals surface area contributed by atoms with Crippen LogP contribution in [-0.4, -0.2) is 17.0 Å². The van der Waals surface area contributed by atoms with Crippen LogP contribution in [0.25, 0.3) is 0 Å². The largest absolute Gasteiger partial charge is 0.380 e. The summed E-state index contributed by atoms with van der Waals surface area (Å²) >= 11 is 7.96. The van der Waals surface area contributed by atoms with Crippen LogP contribution in [0.1, 0.15) is 19.8 Å². The molecule has 4 heteroatoms. The Morgan fingerprint density at radius 2 is 2.31 bits per heavy atom. The van der Waals surface area contributed by atoms with Crippen molar-refractivity contribution in [3.05, 3.63) is 29.0 Å². The van der Waals surface area contributed by atoms with Crippen LogP contribution in [0.15, 0.2) is 18.2 Å². The van der Waals surface area contributed by atoms with Gasteiger partial charge in [0.1, 0.15) is 5.82 Å². The molecule has 16 heavy (non-hydrogen) atoms. The van der Waals surface area contributed by atoms with Gasteiger partial charge in [0, 0.05) is 11.3 Å². The Morgan fingerprint density at radius 3 is 3.00 bits per heavy atom. The van der Waals surface area contributed by atoms with Gasteiger partial charge in [0.05, 0.1) is 10.7 Å². The van der Waals surface area contributed by atoms with Gasteiger partial charge in [-0.1, -0.05) is 18.5 Å². The van der Waals surface area contributed by atoms with Crippen molar-refractivity contribution in [2.75, 3.05) is 11.1 Å². The third-order valence-corrected chi connectivity index (χ3v) is 4.57. The molecule has 1 saturated heterocycles. The van der Waals surface area contributed by atoms with Crippen molar-refractivity contribution in [3.8, 4) is 0 Å². The standard InChI is InChI=1S/C12H15ClFNS/c1-8-11(3-2-6-16-8)15-12-5-4-9(14)7-10(12)13/h4-5,7-8,11,15H,2-3,6H2,1H3. The van der Waals surface area contributed by atoms with E-state index in [0.29, 0.717) is 16.3 Å². The SMILES string of the molecule is CC1SCCCC1Nc1ccc(F)cc1Cl. The molecule has 0 amide bonds. The molecule has 1 nitrogen and oxygen atoms in total. The predicted molar refractivity (Wildman–Crippen MR) is 70.0 cm³/mol. The Balaban J connectivity index is 2.07. The van der Waals surface area contributed by atoms with Gasteiger partial charge in [-0.05, 0) is 36.8 Å². The molecular formula is C12H15ClFNS. The number of rotatable bonds is 2. The van der Waals surface area contributed by atoms with Gasteiger partial charge in [-0.2, -0.15) is 11.8 Å². The van der Waals surface area contributed by atoms with Crippen molar-refractivity contribution in [2.45, 2.75) is 31.1 Å². The van der Waals surface area contributed by atoms with E-state index in [9.17, 15) is 4.39 Å². The minimum absolute atomic E-state index is 0.290. The highest BCUT2D eigenvalue weighted by atomic mass is 35.5. The summed E-state index contributed by atoms with van der Waals surface area (Å²) < 4.78 is 12.9. The van der Waals surface area contributed by atoms with Crippen molar-refractivity contribution >= 4 is 29.1 Å². The summed E-state index contributed by atoms with van der Waals surface area (Å²) in [6, 6.07) is 4.94. The maximum Gasteiger partial charge on any atom is 0.124 e. The fourth-order valence-corrected chi connectivity index (χ4v) is 3.28. The lowest BCUT2D eigenvalue weighted by atomic mass is 10.1. The second-order valence-electron chi connectivity index (χ2n) is 4.09. The van der Waals surface area contributed by atoms with Gasteiger partial charge in [0.25, 0.3) is 0 Å². The van der Waals surface area contributed by atoms with Crippen LogP contribution in [0.5, 0.6) is 0 Å². The number of anilines is 1. The van der Waals surface area contributed by atoms with E-state index in [2.05, 4.69) is 12.2 Å². The molecule has 0 aromatic heterocycles. The molecule has 0 spiro atoms. The van der Waals surface area contributed by atoms with Crippen molar-refractivity contribution in [1.82, 2.24) is 0 Å². The van der Waals surface area contributed by atoms with E-state index >= 15 is 0 Å². The summed E-state index contributed by atoms with van der Waals surface area (Å²) in [5, 5.41) is 4.45. The monoisotopic (exact) mass is 259 g/mol. The van der Waals surface area contributed by atoms with Crippen LogP contribution >= 0.6 is 23.4 Å². The van der Waals surface area contributed by atoms with Crippen LogP contribution in [0.3, 0.4) is 0 Å². The van der Waals surface area contributed by atoms with E-state index in [-0.39, 0.29) is 5.82 Å². The molecule has 1 aliphatic rings. The molecule has 1 aromatic carbocycles. The predicted octanol–water partition coefficient (Wildman–Crippen LogP) is 4.18. The number of benzene rings is 1. The van der Waals surface area contributed by atoms with Crippen LogP contribution in [-0.2, 0) is 0 Å². The van der Waals surface area contributed by atoms with Gasteiger partial charge >= 0.3 is 0 Å². The maximum atomic E-state index is 12.9. The number of thioether (sulfide) groups is 1. The first kappa shape index (κ1) is 12.1. The first-order chi connectivity index (χ1) is 7.66. The minimum Gasteiger partial charge on any atom is -0.380 e. The second kappa shape index (κ2) is 5.28. The van der Waals surface area contributed by atoms with Gasteiger partial charge in [-0.15, -0.1) is 0 Å². The topological polar surface area (TPSA) is 12.0 Å². The Kier molecular flexibility index (Phi) is 3.98. The van der Waals surface area contributed by atoms with Crippen LogP contribution in [0.4, 0.5) is 10.1 Å². The van der Waals surface area contributed by atoms with Crippen LogP contribution in [0, 0.1) is 5.82 Å². The molecule has 1 fully saturated rings. The Labute approximate surface area is 105 Å². The van der Waals surface area contributed by atoms with E-state index in [1.54, 1.807) is 6.07 Å². The molecule has 1 aliphatic heterocycles. The molecule has 1 heterocycles. The lowest BCUT2D eigenvalue weighted by molar-refractivity contribution is 0.615. The number of hydrogen-bond acceptors (Lipinski definition) is 2. The van der Waals surface area contributed by atoms with Gasteiger partial charge in [0.2, 0.25) is 0 Å². The van der Waals surface area contributed by atoms with Gasteiger partial charge in [-0.25, -0.2) is 4.39 Å². The molecule has 2 rings (SSSR count). The van der Waals surface area contributed by atoms with Crippen molar-refractivity contribution in [2.24, 2.45) is 0 Å². The van der Waals surface area contributed by atoms with Crippen molar-refractivity contribution in [1.29, 1.82) is 0 Å². The summed E-state index contributed by atoms with van der Waals surface area (Å²) in [5.41, 5.74) is 0.836. The summed E-state index contributed by atoms with van der Waals surface area (Å²) in [6.07, 6.45) is 2.38. The Hall–Kier alpha value is -0.410. The minimum atomic E-state index is -0.290. The second-order valence-corrected chi connectivity index (χ2v) is 5.99. The number of hydrogen-bond donors (Lipinski definition) is 1. The molecule has 0 bridgehead atoms. The lowest BCUT2D eigenvalue weighted by Crippen LogP contribution is -2.32. The van der Waals surface area contributed by atoms with Crippen molar-refractivity contribution < 1.29 is 4.39 Å². The molecule has 0 saturated carbocycles. The first-order valence-electron chi connectivity index (χ1n) is 5.50. The summed E-state index contributed by atoms with van der Waals surface area (Å²) in [5.74, 6) is 0.942. The normalized spacial score (nSPS) is 25.4. The molecule has 2 atom stereocenters. The highest BCUT2D eigenvalue weighted by molar-refractivity contribution is 8.00. The maximum absolute atomic E-state index is 12.9. The van der Waals surface area contributed by atoms with E-state index in [1.165, 1.54) is 24.3 Å². The Morgan fingerprint density at radius 1 is 1.50 bits per heavy atom. The fourth-order valence-electron chi connectivity index (χ4n) is 1.92. The first-order valence-corrected chi connectivity index (χ1v) is 6.92. The zero-order valence-corrected chi connectivity index (χ0v) is 10.7. The van der Waals surface area contributed by atoms with Crippen molar-refractivity contribution in [3.63, 3.8) is 0 Å². The van der Waals surface area contributed by atoms with Crippen LogP contribution < -0.4 is 5.32 Å². The molecule has 1 aromatic rings. The average molecular weight is 260 g/mol. The smallest absolute Gasteiger partial charge is 0.124 e. The zero-order chi connectivity index (χ0) is 11.5. The van der Waals surface area contributed by atoms with E-state index in [4.69, 9.17) is 11.6 Å². The molecule has 0 aliphatic carbocycles. The Bertz CT molecular complexity index is 372. The highest BCUT2D eigenvalue weighted by Crippen LogP contribution is 2.30. The van der Waals surface area contributed by atoms with Gasteiger partial charge < -0.3 is 5.32 Å². The van der Waals surface area contributed by atoms with Crippen LogP contribution in [0.2, 0.25) is 5.02 Å². The van der Waals surface area contributed by atoms with E-state index in [1.807, 2.05) is 11.8 Å². The average Bonchev–Trinajstić information content (AvgIpc) is 2.25. The third kappa shape index (κ3) is 2.83. The zero-order valence-electron chi connectivity index (χ0n) is 9.17.